The average Bonchev–Trinajstić information content (AvgIpc) is 3.45. The van der Waals surface area contributed by atoms with Crippen molar-refractivity contribution < 1.29 is 18.1 Å². The van der Waals surface area contributed by atoms with Crippen molar-refractivity contribution in [2.24, 2.45) is 5.92 Å². The Bertz CT molecular complexity index is 2170. The standard InChI is InChI=1S/C29H29N5O.C8H10O3S/c1-18-15-24(20-5-3-2-4-6-20)32-25-16-22(11-12-23(18)25)26-27-28(30)31-13-14-34(27)29(33-26)21-9-7-19(17-35)8-10-21;1-6-3-4-8(7(2)5-6)12(9,10)11/h2-6,11-16,19,21,35H,7-10,17H2,1H3,(H2,30,31);3-5H,1-2H3,(H,9,10,11)/t19-,21-;. The number of anilines is 1. The molecule has 0 aliphatic heterocycles. The molecule has 1 saturated carbocycles. The Morgan fingerprint density at radius 1 is 0.872 bits per heavy atom. The summed E-state index contributed by atoms with van der Waals surface area (Å²) < 4.78 is 32.3. The molecule has 0 radical (unpaired) electrons. The molecule has 47 heavy (non-hydrogen) atoms. The zero-order valence-electron chi connectivity index (χ0n) is 26.8. The largest absolute Gasteiger partial charge is 0.396 e. The molecular weight excluding hydrogens is 611 g/mol. The summed E-state index contributed by atoms with van der Waals surface area (Å²) >= 11 is 0. The van der Waals surface area contributed by atoms with Crippen molar-refractivity contribution in [3.63, 3.8) is 0 Å². The van der Waals surface area contributed by atoms with E-state index in [1.165, 1.54) is 11.6 Å². The molecule has 0 unspecified atom stereocenters. The number of imidazole rings is 1. The van der Waals surface area contributed by atoms with Crippen molar-refractivity contribution in [3.05, 3.63) is 108 Å². The third kappa shape index (κ3) is 6.76. The summed E-state index contributed by atoms with van der Waals surface area (Å²) in [6.45, 7) is 5.91. The second kappa shape index (κ2) is 13.2. The van der Waals surface area contributed by atoms with Gasteiger partial charge in [-0.15, -0.1) is 0 Å². The van der Waals surface area contributed by atoms with Crippen LogP contribution in [-0.4, -0.2) is 44.0 Å². The van der Waals surface area contributed by atoms with E-state index >= 15 is 0 Å². The number of nitrogens with two attached hydrogens (primary N) is 1. The van der Waals surface area contributed by atoms with Crippen molar-refractivity contribution in [1.82, 2.24) is 19.4 Å². The Balaban J connectivity index is 0.000000273. The second-order valence-corrected chi connectivity index (χ2v) is 13.8. The molecule has 0 amide bonds. The van der Waals surface area contributed by atoms with Crippen LogP contribution in [0.15, 0.2) is 90.1 Å². The molecule has 10 heteroatoms. The van der Waals surface area contributed by atoms with E-state index in [1.807, 2.05) is 31.3 Å². The van der Waals surface area contributed by atoms with Crippen molar-refractivity contribution in [1.29, 1.82) is 0 Å². The van der Waals surface area contributed by atoms with Crippen molar-refractivity contribution >= 4 is 32.4 Å². The van der Waals surface area contributed by atoms with Crippen LogP contribution in [0.4, 0.5) is 5.82 Å². The third-order valence-corrected chi connectivity index (χ3v) is 10.1. The minimum atomic E-state index is -4.05. The van der Waals surface area contributed by atoms with Crippen molar-refractivity contribution in [3.8, 4) is 22.5 Å². The van der Waals surface area contributed by atoms with Crippen LogP contribution in [0, 0.1) is 26.7 Å². The van der Waals surface area contributed by atoms with E-state index in [1.54, 1.807) is 25.3 Å². The van der Waals surface area contributed by atoms with Crippen molar-refractivity contribution in [2.75, 3.05) is 12.3 Å². The van der Waals surface area contributed by atoms with Gasteiger partial charge in [-0.2, -0.15) is 8.42 Å². The summed E-state index contributed by atoms with van der Waals surface area (Å²) in [6.07, 6.45) is 7.79. The highest BCUT2D eigenvalue weighted by Gasteiger charge is 2.27. The molecule has 1 aliphatic carbocycles. The maximum atomic E-state index is 10.7. The summed E-state index contributed by atoms with van der Waals surface area (Å²) in [7, 11) is -4.05. The number of nitrogens with zero attached hydrogens (tertiary/aromatic N) is 4. The van der Waals surface area contributed by atoms with Gasteiger partial charge in [-0.25, -0.2) is 15.0 Å². The van der Waals surface area contributed by atoms with Crippen LogP contribution in [0.5, 0.6) is 0 Å². The number of benzene rings is 3. The van der Waals surface area contributed by atoms with Gasteiger partial charge in [-0.05, 0) is 81.7 Å². The number of aryl methyl sites for hydroxylation is 3. The molecule has 0 atom stereocenters. The lowest BCUT2D eigenvalue weighted by Crippen LogP contribution is -2.17. The van der Waals surface area contributed by atoms with Gasteiger partial charge in [0.25, 0.3) is 10.1 Å². The third-order valence-electron chi connectivity index (χ3n) is 9.05. The Morgan fingerprint density at radius 2 is 1.62 bits per heavy atom. The summed E-state index contributed by atoms with van der Waals surface area (Å²) in [5.74, 6) is 2.25. The molecule has 3 aromatic carbocycles. The first-order chi connectivity index (χ1) is 22.5. The number of fused-ring (bicyclic) bond motifs is 2. The smallest absolute Gasteiger partial charge is 0.294 e. The number of nitrogen functional groups attached to an aromatic ring is 1. The zero-order chi connectivity index (χ0) is 33.3. The number of aromatic nitrogens is 4. The summed E-state index contributed by atoms with van der Waals surface area (Å²) in [4.78, 5) is 14.5. The van der Waals surface area contributed by atoms with E-state index in [0.717, 1.165) is 76.0 Å². The van der Waals surface area contributed by atoms with Gasteiger partial charge in [0.1, 0.15) is 22.9 Å². The van der Waals surface area contributed by atoms with Crippen LogP contribution in [-0.2, 0) is 10.1 Å². The van der Waals surface area contributed by atoms with Crippen LogP contribution in [0.2, 0.25) is 0 Å². The number of aliphatic hydroxyl groups excluding tert-OH is 1. The van der Waals surface area contributed by atoms with Crippen LogP contribution in [0.3, 0.4) is 0 Å². The molecule has 9 nitrogen and oxygen atoms in total. The summed E-state index contributed by atoms with van der Waals surface area (Å²) in [5, 5.41) is 10.7. The molecule has 0 bridgehead atoms. The predicted octanol–water partition coefficient (Wildman–Crippen LogP) is 7.32. The molecule has 0 saturated heterocycles. The predicted molar refractivity (Wildman–Crippen MR) is 186 cm³/mol. The molecule has 0 spiro atoms. The summed E-state index contributed by atoms with van der Waals surface area (Å²) in [6, 6.07) is 23.5. The zero-order valence-corrected chi connectivity index (χ0v) is 27.6. The lowest BCUT2D eigenvalue weighted by molar-refractivity contribution is 0.181. The fraction of sp³-hybridized carbons (Fsp3) is 0.270. The molecule has 4 N–H and O–H groups in total. The average molecular weight is 650 g/mol. The number of rotatable bonds is 5. The topological polar surface area (TPSA) is 144 Å². The SMILES string of the molecule is Cc1cc(-c2ccccc2)nc2cc(-c3nc([C@H]4CC[C@H](CO)CC4)n4ccnc(N)c34)ccc12.Cc1ccc(S(=O)(=O)O)c(C)c1. The van der Waals surface area contributed by atoms with Crippen LogP contribution >= 0.6 is 0 Å². The number of hydrogen-bond donors (Lipinski definition) is 3. The fourth-order valence-electron chi connectivity index (χ4n) is 6.57. The number of aliphatic hydroxyl groups is 1. The molecule has 3 heterocycles. The lowest BCUT2D eigenvalue weighted by Gasteiger charge is -2.26. The maximum absolute atomic E-state index is 10.7. The van der Waals surface area contributed by atoms with E-state index < -0.39 is 10.1 Å². The molecular formula is C37H39N5O4S. The van der Waals surface area contributed by atoms with E-state index in [-0.39, 0.29) is 11.5 Å². The molecule has 3 aromatic heterocycles. The fourth-order valence-corrected chi connectivity index (χ4v) is 7.28. The monoisotopic (exact) mass is 649 g/mol. The Morgan fingerprint density at radius 3 is 2.30 bits per heavy atom. The van der Waals surface area contributed by atoms with Gasteiger partial charge >= 0.3 is 0 Å². The van der Waals surface area contributed by atoms with Gasteiger partial charge in [-0.1, -0.05) is 60.2 Å². The maximum Gasteiger partial charge on any atom is 0.294 e. The molecule has 7 rings (SSSR count). The van der Waals surface area contributed by atoms with Crippen molar-refractivity contribution in [2.45, 2.75) is 57.3 Å². The first-order valence-electron chi connectivity index (χ1n) is 15.8. The van der Waals surface area contributed by atoms with E-state index in [0.29, 0.717) is 23.2 Å². The Labute approximate surface area is 274 Å². The van der Waals surface area contributed by atoms with E-state index in [2.05, 4.69) is 52.7 Å². The highest BCUT2D eigenvalue weighted by Crippen LogP contribution is 2.39. The van der Waals surface area contributed by atoms with Gasteiger partial charge in [0.2, 0.25) is 0 Å². The highest BCUT2D eigenvalue weighted by atomic mass is 32.2. The normalized spacial score (nSPS) is 16.6. The lowest BCUT2D eigenvalue weighted by atomic mass is 9.82. The molecule has 1 fully saturated rings. The van der Waals surface area contributed by atoms with Gasteiger partial charge in [0, 0.05) is 41.4 Å². The highest BCUT2D eigenvalue weighted by molar-refractivity contribution is 7.85. The minimum absolute atomic E-state index is 0.0203. The van der Waals surface area contributed by atoms with Crippen LogP contribution in [0.25, 0.3) is 38.9 Å². The number of hydrogen-bond acceptors (Lipinski definition) is 7. The molecule has 242 valence electrons. The van der Waals surface area contributed by atoms with E-state index in [9.17, 15) is 13.5 Å². The second-order valence-electron chi connectivity index (χ2n) is 12.4. The quantitative estimate of drug-likeness (QED) is 0.165. The van der Waals surface area contributed by atoms with Crippen LogP contribution in [0.1, 0.15) is 54.1 Å². The minimum Gasteiger partial charge on any atom is -0.396 e. The first kappa shape index (κ1) is 32.3. The van der Waals surface area contributed by atoms with Gasteiger partial charge in [0.15, 0.2) is 0 Å². The van der Waals surface area contributed by atoms with Gasteiger partial charge in [-0.3, -0.25) is 8.95 Å². The van der Waals surface area contributed by atoms with Crippen LogP contribution < -0.4 is 5.73 Å². The molecule has 6 aromatic rings. The Hall–Kier alpha value is -4.64. The summed E-state index contributed by atoms with van der Waals surface area (Å²) in [5.41, 5.74) is 14.8. The first-order valence-corrected chi connectivity index (χ1v) is 17.2. The van der Waals surface area contributed by atoms with E-state index in [4.69, 9.17) is 20.3 Å². The Kier molecular flexibility index (Phi) is 9.09. The van der Waals surface area contributed by atoms with Gasteiger partial charge < -0.3 is 10.8 Å². The molecule has 1 aliphatic rings. The number of pyridine rings is 1. The van der Waals surface area contributed by atoms with Gasteiger partial charge in [0.05, 0.1) is 16.1 Å².